The first-order valence-corrected chi connectivity index (χ1v) is 9.16. The predicted octanol–water partition coefficient (Wildman–Crippen LogP) is 3.50. The molecule has 7 heteroatoms. The molecule has 0 aliphatic carbocycles. The van der Waals surface area contributed by atoms with E-state index in [2.05, 4.69) is 15.6 Å². The fourth-order valence-corrected chi connectivity index (χ4v) is 2.98. The summed E-state index contributed by atoms with van der Waals surface area (Å²) in [6.07, 6.45) is 0.328. The van der Waals surface area contributed by atoms with Crippen molar-refractivity contribution in [3.8, 4) is 11.5 Å². The molecule has 1 aliphatic heterocycles. The Hall–Kier alpha value is -3.87. The van der Waals surface area contributed by atoms with Gasteiger partial charge in [-0.1, -0.05) is 24.3 Å². The third-order valence-electron chi connectivity index (χ3n) is 4.40. The lowest BCUT2D eigenvalue weighted by molar-refractivity contribution is -0.128. The van der Waals surface area contributed by atoms with Gasteiger partial charge in [0.2, 0.25) is 6.10 Å². The minimum Gasteiger partial charge on any atom is -0.482 e. The lowest BCUT2D eigenvalue weighted by atomic mass is 10.1. The Bertz CT molecular complexity index is 1040. The number of nitrogens with zero attached hydrogens (tertiary/aromatic N) is 1. The molecule has 0 spiro atoms. The number of hydrogen-bond donors (Lipinski definition) is 2. The monoisotopic (exact) mass is 389 g/mol. The van der Waals surface area contributed by atoms with E-state index in [1.807, 2.05) is 12.1 Å². The number of nitrogens with one attached hydrogen (secondary N) is 2. The molecule has 29 heavy (non-hydrogen) atoms. The van der Waals surface area contributed by atoms with Gasteiger partial charge >= 0.3 is 0 Å². The summed E-state index contributed by atoms with van der Waals surface area (Å²) < 4.78 is 11.6. The molecule has 2 heterocycles. The van der Waals surface area contributed by atoms with Crippen molar-refractivity contribution < 1.29 is 19.1 Å². The molecule has 2 N–H and O–H groups in total. The molecule has 2 amide bonds. The van der Waals surface area contributed by atoms with E-state index >= 15 is 0 Å². The van der Waals surface area contributed by atoms with Gasteiger partial charge in [-0.25, -0.2) is 4.98 Å². The quantitative estimate of drug-likeness (QED) is 0.713. The van der Waals surface area contributed by atoms with Crippen LogP contribution in [0, 0.1) is 0 Å². The molecule has 146 valence electrons. The Kier molecular flexibility index (Phi) is 5.11. The van der Waals surface area contributed by atoms with Crippen LogP contribution in [-0.2, 0) is 4.79 Å². The van der Waals surface area contributed by atoms with Gasteiger partial charge in [0.15, 0.2) is 11.5 Å². The highest BCUT2D eigenvalue weighted by Gasteiger charge is 2.34. The number of carbonyl (C=O) groups is 2. The number of anilines is 2. The van der Waals surface area contributed by atoms with Crippen LogP contribution in [0.2, 0.25) is 0 Å². The molecule has 0 radical (unpaired) electrons. The van der Waals surface area contributed by atoms with Crippen molar-refractivity contribution in [3.05, 3.63) is 78.5 Å². The van der Waals surface area contributed by atoms with E-state index in [4.69, 9.17) is 9.47 Å². The maximum Gasteiger partial charge on any atom is 0.269 e. The highest BCUT2D eigenvalue weighted by molar-refractivity contribution is 6.05. The molecule has 4 rings (SSSR count). The Balaban J connectivity index is 1.45. The number of hydrogen-bond acceptors (Lipinski definition) is 5. The second kappa shape index (κ2) is 8.02. The first-order chi connectivity index (χ1) is 14.1. The summed E-state index contributed by atoms with van der Waals surface area (Å²) in [6.45, 7) is 1.77. The van der Waals surface area contributed by atoms with Gasteiger partial charge in [0.05, 0.1) is 0 Å². The van der Waals surface area contributed by atoms with Gasteiger partial charge in [0.25, 0.3) is 11.8 Å². The SMILES string of the molecule is C[C@H]1Oc2ccccc2O[C@H]1C(=O)Nc1cccc(C(=O)Nc2ccccn2)c1. The zero-order valence-electron chi connectivity index (χ0n) is 15.7. The van der Waals surface area contributed by atoms with Crippen molar-refractivity contribution in [1.82, 2.24) is 4.98 Å². The molecule has 0 bridgehead atoms. The zero-order valence-corrected chi connectivity index (χ0v) is 15.7. The summed E-state index contributed by atoms with van der Waals surface area (Å²) in [4.78, 5) is 29.2. The van der Waals surface area contributed by atoms with Gasteiger partial charge in [0, 0.05) is 17.4 Å². The lowest BCUT2D eigenvalue weighted by Crippen LogP contribution is -2.46. The van der Waals surface area contributed by atoms with Crippen LogP contribution in [0.1, 0.15) is 17.3 Å². The first-order valence-electron chi connectivity index (χ1n) is 9.16. The molecule has 2 aromatic carbocycles. The number of aromatic nitrogens is 1. The fraction of sp³-hybridized carbons (Fsp3) is 0.136. The molecule has 1 aromatic heterocycles. The van der Waals surface area contributed by atoms with E-state index in [-0.39, 0.29) is 11.8 Å². The zero-order chi connectivity index (χ0) is 20.2. The standard InChI is InChI=1S/C22H19N3O4/c1-14-20(29-18-10-3-2-9-17(18)28-14)22(27)24-16-8-6-7-15(13-16)21(26)25-19-11-4-5-12-23-19/h2-14,20H,1H3,(H,24,27)(H,23,25,26)/t14-,20-/m1/s1. The number of carbonyl (C=O) groups excluding carboxylic acids is 2. The smallest absolute Gasteiger partial charge is 0.269 e. The molecule has 1 aliphatic rings. The number of ether oxygens (including phenoxy) is 2. The van der Waals surface area contributed by atoms with Crippen molar-refractivity contribution in [2.24, 2.45) is 0 Å². The van der Waals surface area contributed by atoms with Crippen molar-refractivity contribution in [1.29, 1.82) is 0 Å². The summed E-state index contributed by atoms with van der Waals surface area (Å²) in [5.74, 6) is 0.910. The van der Waals surface area contributed by atoms with Crippen molar-refractivity contribution in [2.45, 2.75) is 19.1 Å². The largest absolute Gasteiger partial charge is 0.482 e. The molecule has 0 saturated heterocycles. The summed E-state index contributed by atoms with van der Waals surface area (Å²) in [7, 11) is 0. The van der Waals surface area contributed by atoms with Crippen molar-refractivity contribution in [2.75, 3.05) is 10.6 Å². The van der Waals surface area contributed by atoms with E-state index in [1.165, 1.54) is 0 Å². The molecule has 7 nitrogen and oxygen atoms in total. The van der Waals surface area contributed by atoms with Crippen LogP contribution in [0.15, 0.2) is 72.9 Å². The molecular weight excluding hydrogens is 370 g/mol. The second-order valence-corrected chi connectivity index (χ2v) is 6.55. The van der Waals surface area contributed by atoms with Crippen LogP contribution in [0.4, 0.5) is 11.5 Å². The van der Waals surface area contributed by atoms with E-state index in [0.29, 0.717) is 28.6 Å². The van der Waals surface area contributed by atoms with E-state index in [0.717, 1.165) is 0 Å². The fourth-order valence-electron chi connectivity index (χ4n) is 2.98. The number of para-hydroxylation sites is 2. The Morgan fingerprint density at radius 1 is 0.897 bits per heavy atom. The van der Waals surface area contributed by atoms with Crippen LogP contribution < -0.4 is 20.1 Å². The van der Waals surface area contributed by atoms with Crippen LogP contribution in [0.25, 0.3) is 0 Å². The number of rotatable bonds is 4. The van der Waals surface area contributed by atoms with Crippen LogP contribution >= 0.6 is 0 Å². The van der Waals surface area contributed by atoms with Crippen molar-refractivity contribution >= 4 is 23.3 Å². The van der Waals surface area contributed by atoms with E-state index in [1.54, 1.807) is 67.7 Å². The van der Waals surface area contributed by atoms with Crippen LogP contribution in [0.3, 0.4) is 0 Å². The van der Waals surface area contributed by atoms with Crippen LogP contribution in [0.5, 0.6) is 11.5 Å². The maximum atomic E-state index is 12.7. The summed E-state index contributed by atoms with van der Waals surface area (Å²) in [5.41, 5.74) is 0.881. The molecule has 2 atom stereocenters. The minimum atomic E-state index is -0.809. The average molecular weight is 389 g/mol. The Morgan fingerprint density at radius 2 is 1.66 bits per heavy atom. The van der Waals surface area contributed by atoms with Gasteiger partial charge in [-0.3, -0.25) is 9.59 Å². The predicted molar refractivity (Wildman–Crippen MR) is 108 cm³/mol. The van der Waals surface area contributed by atoms with Gasteiger partial charge in [-0.05, 0) is 49.4 Å². The topological polar surface area (TPSA) is 89.5 Å². The second-order valence-electron chi connectivity index (χ2n) is 6.55. The Morgan fingerprint density at radius 3 is 2.41 bits per heavy atom. The molecule has 0 fully saturated rings. The number of fused-ring (bicyclic) bond motifs is 1. The normalized spacial score (nSPS) is 17.3. The summed E-state index contributed by atoms with van der Waals surface area (Å²) in [6, 6.07) is 19.1. The first kappa shape index (κ1) is 18.5. The third kappa shape index (κ3) is 4.19. The summed E-state index contributed by atoms with van der Waals surface area (Å²) in [5, 5.41) is 5.51. The van der Waals surface area contributed by atoms with Gasteiger partial charge in [0.1, 0.15) is 11.9 Å². The highest BCUT2D eigenvalue weighted by Crippen LogP contribution is 2.33. The molecule has 0 unspecified atom stereocenters. The van der Waals surface area contributed by atoms with Crippen molar-refractivity contribution in [3.63, 3.8) is 0 Å². The van der Waals surface area contributed by atoms with Gasteiger partial charge in [-0.2, -0.15) is 0 Å². The van der Waals surface area contributed by atoms with E-state index in [9.17, 15) is 9.59 Å². The van der Waals surface area contributed by atoms with E-state index < -0.39 is 12.2 Å². The van der Waals surface area contributed by atoms with Crippen LogP contribution in [-0.4, -0.2) is 29.0 Å². The minimum absolute atomic E-state index is 0.320. The molecule has 0 saturated carbocycles. The lowest BCUT2D eigenvalue weighted by Gasteiger charge is -2.31. The number of pyridine rings is 1. The maximum absolute atomic E-state index is 12.7. The molecular formula is C22H19N3O4. The average Bonchev–Trinajstić information content (AvgIpc) is 2.74. The third-order valence-corrected chi connectivity index (χ3v) is 4.40. The number of amides is 2. The van der Waals surface area contributed by atoms with Gasteiger partial charge < -0.3 is 20.1 Å². The Labute approximate surface area is 167 Å². The van der Waals surface area contributed by atoms with Gasteiger partial charge in [-0.15, -0.1) is 0 Å². The highest BCUT2D eigenvalue weighted by atomic mass is 16.6. The molecule has 3 aromatic rings. The summed E-state index contributed by atoms with van der Waals surface area (Å²) >= 11 is 0. The number of benzene rings is 2.